The van der Waals surface area contributed by atoms with Crippen LogP contribution in [-0.4, -0.2) is 9.97 Å². The molecule has 5 heterocycles. The second kappa shape index (κ2) is 9.65. The molecule has 5 heteroatoms. The van der Waals surface area contributed by atoms with Gasteiger partial charge in [-0.1, -0.05) is 97.1 Å². The second-order valence-electron chi connectivity index (χ2n) is 8.79. The minimum atomic E-state index is 0. The van der Waals surface area contributed by atoms with Gasteiger partial charge in [0.15, 0.2) is 0 Å². The molecule has 7 rings (SSSR count). The van der Waals surface area contributed by atoms with E-state index in [9.17, 15) is 0 Å². The molecule has 2 aliphatic heterocycles. The molecule has 178 valence electrons. The molecule has 2 aromatic carbocycles. The van der Waals surface area contributed by atoms with Gasteiger partial charge in [-0.3, -0.25) is 0 Å². The maximum absolute atomic E-state index is 4.95. The third-order valence-electron chi connectivity index (χ3n) is 6.39. The molecule has 0 atom stereocenters. The SMILES string of the molecule is C1=Cc2nc1cc1ccc([n-]1)c(-c1ccccc1)c1nc(cc3ccc([n-]3)c2-c2ccccc2)C=C1.[Pt+2]. The fraction of sp³-hybridized carbons (Fsp3) is 0. The van der Waals surface area contributed by atoms with Crippen molar-refractivity contribution in [2.45, 2.75) is 0 Å². The number of hydrogen-bond acceptors (Lipinski definition) is 2. The zero-order valence-electron chi connectivity index (χ0n) is 19.7. The van der Waals surface area contributed by atoms with Crippen LogP contribution in [0.25, 0.3) is 68.6 Å². The normalized spacial score (nSPS) is 11.9. The molecule has 0 aliphatic carbocycles. The average Bonchev–Trinajstić information content (AvgIpc) is 3.72. The topological polar surface area (TPSA) is 54.0 Å². The first-order chi connectivity index (χ1) is 17.8. The number of rotatable bonds is 2. The molecular formula is C32H20N4Pt. The Kier molecular flexibility index (Phi) is 6.03. The van der Waals surface area contributed by atoms with Crippen molar-refractivity contribution < 1.29 is 21.1 Å². The number of hydrogen-bond donors (Lipinski definition) is 0. The van der Waals surface area contributed by atoms with Crippen LogP contribution in [0.2, 0.25) is 0 Å². The summed E-state index contributed by atoms with van der Waals surface area (Å²) in [6, 6.07) is 32.8. The van der Waals surface area contributed by atoms with Gasteiger partial charge in [-0.05, 0) is 46.6 Å². The van der Waals surface area contributed by atoms with Crippen molar-refractivity contribution in [1.29, 1.82) is 0 Å². The molecule has 2 aliphatic rings. The van der Waals surface area contributed by atoms with Gasteiger partial charge in [0.25, 0.3) is 0 Å². The molecule has 3 aromatic heterocycles. The fourth-order valence-corrected chi connectivity index (χ4v) is 4.76. The van der Waals surface area contributed by atoms with Crippen LogP contribution in [0.1, 0.15) is 22.8 Å². The minimum absolute atomic E-state index is 0. The van der Waals surface area contributed by atoms with E-state index in [2.05, 4.69) is 48.6 Å². The van der Waals surface area contributed by atoms with E-state index in [0.717, 1.165) is 67.1 Å². The standard InChI is InChI=1S/C32H20N4.Pt/c1-3-7-21(8-4-1)31-27-15-11-23(33-27)19-25-13-17-29(35-25)32(22-9-5-2-6-10-22)30-18-14-26(36-30)20-24-12-16-28(31)34-24;/h1-20H;/q-2;+2. The maximum atomic E-state index is 4.95. The van der Waals surface area contributed by atoms with Gasteiger partial charge in [0.1, 0.15) is 0 Å². The molecule has 8 bridgehead atoms. The number of nitrogens with zero attached hydrogens (tertiary/aromatic N) is 4. The quantitative estimate of drug-likeness (QED) is 0.197. The molecule has 0 unspecified atom stereocenters. The summed E-state index contributed by atoms with van der Waals surface area (Å²) in [5.41, 5.74) is 11.2. The Balaban J connectivity index is 0.00000252. The third-order valence-corrected chi connectivity index (χ3v) is 6.39. The Morgan fingerprint density at radius 2 is 0.892 bits per heavy atom. The smallest absolute Gasteiger partial charge is 0.657 e. The Hall–Kier alpha value is -4.27. The molecule has 0 N–H and O–H groups in total. The molecule has 0 amide bonds. The third kappa shape index (κ3) is 4.41. The first kappa shape index (κ1) is 23.1. The zero-order chi connectivity index (χ0) is 23.9. The van der Waals surface area contributed by atoms with Gasteiger partial charge in [0.05, 0.1) is 22.8 Å². The van der Waals surface area contributed by atoms with E-state index in [-0.39, 0.29) is 21.1 Å². The molecule has 0 spiro atoms. The first-order valence-corrected chi connectivity index (χ1v) is 11.9. The average molecular weight is 656 g/mol. The summed E-state index contributed by atoms with van der Waals surface area (Å²) in [7, 11) is 0. The van der Waals surface area contributed by atoms with Gasteiger partial charge in [-0.2, -0.15) is 0 Å². The van der Waals surface area contributed by atoms with Crippen LogP contribution in [0, 0.1) is 0 Å². The Morgan fingerprint density at radius 3 is 1.32 bits per heavy atom. The van der Waals surface area contributed by atoms with Crippen LogP contribution >= 0.6 is 0 Å². The van der Waals surface area contributed by atoms with Crippen molar-refractivity contribution in [2.75, 3.05) is 0 Å². The maximum Gasteiger partial charge on any atom is 2.00 e. The van der Waals surface area contributed by atoms with Crippen molar-refractivity contribution >= 4 is 46.4 Å². The van der Waals surface area contributed by atoms with Crippen LogP contribution in [0.3, 0.4) is 0 Å². The molecule has 0 saturated heterocycles. The molecule has 4 nitrogen and oxygen atoms in total. The van der Waals surface area contributed by atoms with Gasteiger partial charge in [0.2, 0.25) is 0 Å². The van der Waals surface area contributed by atoms with E-state index in [1.165, 1.54) is 0 Å². The van der Waals surface area contributed by atoms with Gasteiger partial charge >= 0.3 is 21.1 Å². The van der Waals surface area contributed by atoms with E-state index >= 15 is 0 Å². The monoisotopic (exact) mass is 655 g/mol. The molecular weight excluding hydrogens is 635 g/mol. The van der Waals surface area contributed by atoms with Gasteiger partial charge in [0, 0.05) is 0 Å². The summed E-state index contributed by atoms with van der Waals surface area (Å²) in [5, 5.41) is 0. The van der Waals surface area contributed by atoms with E-state index in [1.54, 1.807) is 0 Å². The van der Waals surface area contributed by atoms with Crippen molar-refractivity contribution in [3.63, 3.8) is 0 Å². The summed E-state index contributed by atoms with van der Waals surface area (Å²) in [6.45, 7) is 0. The molecule has 0 saturated carbocycles. The van der Waals surface area contributed by atoms with E-state index in [1.807, 2.05) is 72.8 Å². The fourth-order valence-electron chi connectivity index (χ4n) is 4.76. The molecule has 5 aromatic rings. The Labute approximate surface area is 228 Å². The Bertz CT molecular complexity index is 1690. The predicted molar refractivity (Wildman–Crippen MR) is 148 cm³/mol. The van der Waals surface area contributed by atoms with Gasteiger partial charge < -0.3 is 9.97 Å². The summed E-state index contributed by atoms with van der Waals surface area (Å²) >= 11 is 0. The summed E-state index contributed by atoms with van der Waals surface area (Å²) in [4.78, 5) is 19.8. The number of aromatic nitrogens is 4. The first-order valence-electron chi connectivity index (χ1n) is 11.9. The van der Waals surface area contributed by atoms with Crippen LogP contribution in [0.15, 0.2) is 97.1 Å². The predicted octanol–water partition coefficient (Wildman–Crippen LogP) is 7.25. The largest absolute Gasteiger partial charge is 2.00 e. The minimum Gasteiger partial charge on any atom is -0.657 e. The molecule has 0 fully saturated rings. The van der Waals surface area contributed by atoms with Crippen molar-refractivity contribution in [2.24, 2.45) is 0 Å². The Morgan fingerprint density at radius 1 is 0.459 bits per heavy atom. The van der Waals surface area contributed by atoms with E-state index in [0.29, 0.717) is 0 Å². The van der Waals surface area contributed by atoms with Crippen molar-refractivity contribution in [3.05, 3.63) is 120 Å². The van der Waals surface area contributed by atoms with Gasteiger partial charge in [-0.25, -0.2) is 9.97 Å². The van der Waals surface area contributed by atoms with Crippen LogP contribution in [-0.2, 0) is 21.1 Å². The van der Waals surface area contributed by atoms with Crippen LogP contribution < -0.4 is 9.97 Å². The molecule has 0 radical (unpaired) electrons. The number of benzene rings is 2. The number of fused-ring (bicyclic) bond motifs is 8. The van der Waals surface area contributed by atoms with Crippen molar-refractivity contribution in [3.8, 4) is 22.3 Å². The summed E-state index contributed by atoms with van der Waals surface area (Å²) in [5.74, 6) is 0. The van der Waals surface area contributed by atoms with Crippen LogP contribution in [0.5, 0.6) is 0 Å². The zero-order valence-corrected chi connectivity index (χ0v) is 21.9. The van der Waals surface area contributed by atoms with E-state index in [4.69, 9.17) is 19.9 Å². The second-order valence-corrected chi connectivity index (χ2v) is 8.79. The summed E-state index contributed by atoms with van der Waals surface area (Å²) < 4.78 is 0. The van der Waals surface area contributed by atoms with Gasteiger partial charge in [-0.15, -0.1) is 22.1 Å². The molecule has 37 heavy (non-hydrogen) atoms. The van der Waals surface area contributed by atoms with Crippen LogP contribution in [0.4, 0.5) is 0 Å². The summed E-state index contributed by atoms with van der Waals surface area (Å²) in [6.07, 6.45) is 8.18. The van der Waals surface area contributed by atoms with Crippen molar-refractivity contribution in [1.82, 2.24) is 19.9 Å². The van der Waals surface area contributed by atoms with E-state index < -0.39 is 0 Å².